The minimum absolute atomic E-state index is 0.0666. The first kappa shape index (κ1) is 21.0. The van der Waals surface area contributed by atoms with Crippen LogP contribution in [0.4, 0.5) is 0 Å². The van der Waals surface area contributed by atoms with E-state index >= 15 is 0 Å². The van der Waals surface area contributed by atoms with Crippen molar-refractivity contribution in [3.05, 3.63) is 53.1 Å². The molecule has 1 aliphatic heterocycles. The molecule has 0 fully saturated rings. The molecule has 5 heteroatoms. The van der Waals surface area contributed by atoms with Crippen molar-refractivity contribution in [2.45, 2.75) is 39.7 Å². The first-order chi connectivity index (χ1) is 14.0. The fourth-order valence-corrected chi connectivity index (χ4v) is 3.80. The maximum Gasteiger partial charge on any atom is 0.225 e. The van der Waals surface area contributed by atoms with E-state index in [0.717, 1.165) is 24.2 Å². The molecular weight excluding hydrogens is 366 g/mol. The van der Waals surface area contributed by atoms with Crippen molar-refractivity contribution in [1.82, 2.24) is 4.90 Å². The second-order valence-corrected chi connectivity index (χ2v) is 7.67. The Morgan fingerprint density at radius 2 is 1.76 bits per heavy atom. The van der Waals surface area contributed by atoms with Crippen LogP contribution in [0, 0.1) is 5.92 Å². The largest absolute Gasteiger partial charge is 0.493 e. The van der Waals surface area contributed by atoms with Gasteiger partial charge in [0.05, 0.1) is 20.3 Å². The van der Waals surface area contributed by atoms with Crippen LogP contribution in [-0.2, 0) is 17.6 Å². The van der Waals surface area contributed by atoms with Crippen molar-refractivity contribution in [3.8, 4) is 17.2 Å². The summed E-state index contributed by atoms with van der Waals surface area (Å²) in [6.45, 7) is 7.07. The van der Waals surface area contributed by atoms with Crippen molar-refractivity contribution in [2.24, 2.45) is 5.92 Å². The number of hydrogen-bond donors (Lipinski definition) is 0. The van der Waals surface area contributed by atoms with Crippen LogP contribution in [-0.4, -0.2) is 38.2 Å². The third-order valence-corrected chi connectivity index (χ3v) is 5.52. The molecule has 0 bridgehead atoms. The van der Waals surface area contributed by atoms with E-state index in [9.17, 15) is 4.79 Å². The minimum atomic E-state index is -0.167. The summed E-state index contributed by atoms with van der Waals surface area (Å²) < 4.78 is 17.1. The topological polar surface area (TPSA) is 48.0 Å². The molecule has 156 valence electrons. The number of fused-ring (bicyclic) bond motifs is 1. The van der Waals surface area contributed by atoms with Gasteiger partial charge < -0.3 is 19.1 Å². The van der Waals surface area contributed by atoms with Gasteiger partial charge in [-0.25, -0.2) is 0 Å². The molecule has 0 saturated carbocycles. The Labute approximate surface area is 173 Å². The number of ether oxygens (including phenoxy) is 3. The van der Waals surface area contributed by atoms with Crippen molar-refractivity contribution in [2.75, 3.05) is 27.4 Å². The Hall–Kier alpha value is -2.69. The van der Waals surface area contributed by atoms with Gasteiger partial charge >= 0.3 is 0 Å². The maximum absolute atomic E-state index is 12.9. The van der Waals surface area contributed by atoms with Crippen LogP contribution in [0.2, 0.25) is 0 Å². The van der Waals surface area contributed by atoms with Crippen LogP contribution in [0.15, 0.2) is 36.4 Å². The molecule has 0 aliphatic carbocycles. The summed E-state index contributed by atoms with van der Waals surface area (Å²) >= 11 is 0. The van der Waals surface area contributed by atoms with Gasteiger partial charge in [-0.15, -0.1) is 0 Å². The summed E-state index contributed by atoms with van der Waals surface area (Å²) in [5.41, 5.74) is 3.51. The van der Waals surface area contributed by atoms with Crippen LogP contribution < -0.4 is 14.2 Å². The lowest BCUT2D eigenvalue weighted by Gasteiger charge is -2.38. The first-order valence-electron chi connectivity index (χ1n) is 10.3. The van der Waals surface area contributed by atoms with E-state index in [1.54, 1.807) is 14.2 Å². The van der Waals surface area contributed by atoms with Crippen molar-refractivity contribution >= 4 is 5.91 Å². The molecule has 3 rings (SSSR count). The average Bonchev–Trinajstić information content (AvgIpc) is 2.75. The van der Waals surface area contributed by atoms with E-state index in [-0.39, 0.29) is 17.9 Å². The standard InChI is InChI=1S/C24H31NO4/c1-6-17-7-9-19(10-8-17)29-15-21-20-14-23(28-5)22(27-4)13-18(20)11-12-25(21)24(26)16(2)3/h7-10,13-14,16,21H,6,11-12,15H2,1-5H3. The zero-order valence-electron chi connectivity index (χ0n) is 18.0. The molecule has 1 atom stereocenters. The van der Waals surface area contributed by atoms with Crippen LogP contribution >= 0.6 is 0 Å². The number of methoxy groups -OCH3 is 2. The summed E-state index contributed by atoms with van der Waals surface area (Å²) in [7, 11) is 3.27. The third-order valence-electron chi connectivity index (χ3n) is 5.52. The van der Waals surface area contributed by atoms with Crippen molar-refractivity contribution in [3.63, 3.8) is 0 Å². The number of hydrogen-bond acceptors (Lipinski definition) is 4. The Morgan fingerprint density at radius 3 is 2.34 bits per heavy atom. The zero-order chi connectivity index (χ0) is 21.0. The van der Waals surface area contributed by atoms with Gasteiger partial charge in [0.1, 0.15) is 12.4 Å². The number of carbonyl (C=O) groups is 1. The smallest absolute Gasteiger partial charge is 0.225 e. The van der Waals surface area contributed by atoms with Crippen LogP contribution in [0.25, 0.3) is 0 Å². The van der Waals surface area contributed by atoms with Gasteiger partial charge in [-0.3, -0.25) is 4.79 Å². The van der Waals surface area contributed by atoms with Crippen molar-refractivity contribution < 1.29 is 19.0 Å². The van der Waals surface area contributed by atoms with Gasteiger partial charge in [0.15, 0.2) is 11.5 Å². The molecule has 1 amide bonds. The van der Waals surface area contributed by atoms with Gasteiger partial charge in [-0.05, 0) is 53.8 Å². The summed E-state index contributed by atoms with van der Waals surface area (Å²) in [5, 5.41) is 0. The fraction of sp³-hybridized carbons (Fsp3) is 0.458. The van der Waals surface area contributed by atoms with Gasteiger partial charge in [-0.2, -0.15) is 0 Å². The highest BCUT2D eigenvalue weighted by molar-refractivity contribution is 5.79. The van der Waals surface area contributed by atoms with Crippen LogP contribution in [0.1, 0.15) is 43.5 Å². The number of nitrogens with zero attached hydrogens (tertiary/aromatic N) is 1. The molecular formula is C24H31NO4. The summed E-state index contributed by atoms with van der Waals surface area (Å²) in [4.78, 5) is 14.8. The zero-order valence-corrected chi connectivity index (χ0v) is 18.0. The van der Waals surface area contributed by atoms with E-state index in [1.807, 2.05) is 43.0 Å². The molecule has 1 unspecified atom stereocenters. The number of benzene rings is 2. The summed E-state index contributed by atoms with van der Waals surface area (Å²) in [6.07, 6.45) is 1.78. The van der Waals surface area contributed by atoms with Gasteiger partial charge in [0.2, 0.25) is 5.91 Å². The highest BCUT2D eigenvalue weighted by atomic mass is 16.5. The highest BCUT2D eigenvalue weighted by Crippen LogP contribution is 2.38. The summed E-state index contributed by atoms with van der Waals surface area (Å²) in [6, 6.07) is 12.0. The average molecular weight is 398 g/mol. The molecule has 0 radical (unpaired) electrons. The lowest BCUT2D eigenvalue weighted by molar-refractivity contribution is -0.138. The normalized spacial score (nSPS) is 15.8. The molecule has 2 aromatic rings. The number of carbonyl (C=O) groups excluding carboxylic acids is 1. The van der Waals surface area contributed by atoms with Gasteiger partial charge in [0.25, 0.3) is 0 Å². The molecule has 5 nitrogen and oxygen atoms in total. The Morgan fingerprint density at radius 1 is 1.10 bits per heavy atom. The molecule has 29 heavy (non-hydrogen) atoms. The Bertz CT molecular complexity index is 845. The minimum Gasteiger partial charge on any atom is -0.493 e. The molecule has 0 saturated heterocycles. The van der Waals surface area contributed by atoms with E-state index in [0.29, 0.717) is 24.7 Å². The number of aryl methyl sites for hydroxylation is 1. The van der Waals surface area contributed by atoms with Crippen LogP contribution in [0.3, 0.4) is 0 Å². The van der Waals surface area contributed by atoms with E-state index < -0.39 is 0 Å². The predicted octanol–water partition coefficient (Wildman–Crippen LogP) is 4.43. The molecule has 2 aromatic carbocycles. The summed E-state index contributed by atoms with van der Waals surface area (Å²) in [5.74, 6) is 2.27. The SMILES string of the molecule is CCc1ccc(OCC2c3cc(OC)c(OC)cc3CCN2C(=O)C(C)C)cc1. The Balaban J connectivity index is 1.92. The first-order valence-corrected chi connectivity index (χ1v) is 10.3. The lowest BCUT2D eigenvalue weighted by Crippen LogP contribution is -2.44. The lowest BCUT2D eigenvalue weighted by atomic mass is 9.91. The molecule has 0 spiro atoms. The van der Waals surface area contributed by atoms with E-state index in [1.165, 1.54) is 11.1 Å². The van der Waals surface area contributed by atoms with E-state index in [2.05, 4.69) is 19.1 Å². The predicted molar refractivity (Wildman–Crippen MR) is 114 cm³/mol. The highest BCUT2D eigenvalue weighted by Gasteiger charge is 2.33. The monoisotopic (exact) mass is 397 g/mol. The molecule has 1 heterocycles. The molecule has 1 aliphatic rings. The third kappa shape index (κ3) is 4.50. The molecule has 0 aromatic heterocycles. The quantitative estimate of drug-likeness (QED) is 0.694. The van der Waals surface area contributed by atoms with Crippen molar-refractivity contribution in [1.29, 1.82) is 0 Å². The fourth-order valence-electron chi connectivity index (χ4n) is 3.80. The van der Waals surface area contributed by atoms with Gasteiger partial charge in [-0.1, -0.05) is 32.9 Å². The van der Waals surface area contributed by atoms with Gasteiger partial charge in [0, 0.05) is 12.5 Å². The van der Waals surface area contributed by atoms with Crippen LogP contribution in [0.5, 0.6) is 17.2 Å². The number of amides is 1. The maximum atomic E-state index is 12.9. The molecule has 0 N–H and O–H groups in total. The number of rotatable bonds is 7. The second-order valence-electron chi connectivity index (χ2n) is 7.67. The van der Waals surface area contributed by atoms with E-state index in [4.69, 9.17) is 14.2 Å². The second kappa shape index (κ2) is 9.21. The Kier molecular flexibility index (Phi) is 6.68.